The lowest BCUT2D eigenvalue weighted by molar-refractivity contribution is -0.117. The second-order valence-corrected chi connectivity index (χ2v) is 2.87. The molecule has 1 aromatic rings. The first kappa shape index (κ1) is 9.86. The van der Waals surface area contributed by atoms with Crippen molar-refractivity contribution in [2.24, 2.45) is 0 Å². The van der Waals surface area contributed by atoms with Crippen molar-refractivity contribution in [2.75, 3.05) is 13.6 Å². The summed E-state index contributed by atoms with van der Waals surface area (Å²) in [7, 11) is 1.72. The summed E-state index contributed by atoms with van der Waals surface area (Å²) in [6, 6.07) is 5.98. The maximum atomic E-state index is 12.5. The van der Waals surface area contributed by atoms with Gasteiger partial charge in [-0.3, -0.25) is 4.79 Å². The molecule has 0 spiro atoms. The summed E-state index contributed by atoms with van der Waals surface area (Å²) in [5.74, 6) is -0.168. The lowest BCUT2D eigenvalue weighted by Crippen LogP contribution is -2.20. The Morgan fingerprint density at radius 2 is 2.00 bits per heavy atom. The molecule has 0 radical (unpaired) electrons. The Bertz CT molecular complexity index is 281. The maximum absolute atomic E-state index is 12.5. The van der Waals surface area contributed by atoms with Crippen molar-refractivity contribution in [1.29, 1.82) is 0 Å². The van der Waals surface area contributed by atoms with E-state index < -0.39 is 0 Å². The fraction of sp³-hybridized carbons (Fsp3) is 0.300. The van der Waals surface area contributed by atoms with E-state index in [0.29, 0.717) is 13.0 Å². The standard InChI is InChI=1S/C10H12FNO/c1-12-7-10(13)6-8-2-4-9(11)5-3-8/h2-5,12H,6-7H2,1H3. The summed E-state index contributed by atoms with van der Waals surface area (Å²) in [5.41, 5.74) is 0.849. The number of ketones is 1. The SMILES string of the molecule is CNCC(=O)Cc1ccc(F)cc1. The van der Waals surface area contributed by atoms with E-state index in [-0.39, 0.29) is 11.6 Å². The van der Waals surface area contributed by atoms with Gasteiger partial charge in [-0.15, -0.1) is 0 Å². The van der Waals surface area contributed by atoms with Crippen LogP contribution in [0, 0.1) is 5.82 Å². The molecule has 0 saturated carbocycles. The number of carbonyl (C=O) groups is 1. The highest BCUT2D eigenvalue weighted by atomic mass is 19.1. The molecule has 0 unspecified atom stereocenters. The van der Waals surface area contributed by atoms with E-state index in [1.807, 2.05) is 0 Å². The van der Waals surface area contributed by atoms with Gasteiger partial charge in [0.1, 0.15) is 5.82 Å². The first-order valence-corrected chi connectivity index (χ1v) is 4.13. The molecule has 0 aliphatic rings. The van der Waals surface area contributed by atoms with Gasteiger partial charge < -0.3 is 5.32 Å². The van der Waals surface area contributed by atoms with Crippen LogP contribution in [0.3, 0.4) is 0 Å². The van der Waals surface area contributed by atoms with E-state index in [4.69, 9.17) is 0 Å². The van der Waals surface area contributed by atoms with Crippen LogP contribution in [-0.2, 0) is 11.2 Å². The van der Waals surface area contributed by atoms with Gasteiger partial charge in [0.15, 0.2) is 5.78 Å². The van der Waals surface area contributed by atoms with Gasteiger partial charge in [-0.05, 0) is 24.7 Å². The molecule has 0 aliphatic heterocycles. The van der Waals surface area contributed by atoms with Crippen LogP contribution >= 0.6 is 0 Å². The van der Waals surface area contributed by atoms with E-state index >= 15 is 0 Å². The quantitative estimate of drug-likeness (QED) is 0.755. The molecule has 1 rings (SSSR count). The van der Waals surface area contributed by atoms with Crippen molar-refractivity contribution in [3.63, 3.8) is 0 Å². The van der Waals surface area contributed by atoms with E-state index in [9.17, 15) is 9.18 Å². The minimum Gasteiger partial charge on any atom is -0.313 e. The molecule has 0 atom stereocenters. The molecule has 0 fully saturated rings. The normalized spacial score (nSPS) is 10.0. The molecule has 13 heavy (non-hydrogen) atoms. The second-order valence-electron chi connectivity index (χ2n) is 2.87. The van der Waals surface area contributed by atoms with Gasteiger partial charge in [-0.25, -0.2) is 4.39 Å². The number of carbonyl (C=O) groups excluding carboxylic acids is 1. The van der Waals surface area contributed by atoms with Crippen LogP contribution in [0.25, 0.3) is 0 Å². The maximum Gasteiger partial charge on any atom is 0.150 e. The van der Waals surface area contributed by atoms with Gasteiger partial charge in [0.25, 0.3) is 0 Å². The monoisotopic (exact) mass is 181 g/mol. The fourth-order valence-electron chi connectivity index (χ4n) is 1.09. The first-order valence-electron chi connectivity index (χ1n) is 4.13. The van der Waals surface area contributed by atoms with Crippen LogP contribution < -0.4 is 5.32 Å². The third-order valence-electron chi connectivity index (χ3n) is 1.69. The van der Waals surface area contributed by atoms with Crippen molar-refractivity contribution in [3.05, 3.63) is 35.6 Å². The Hall–Kier alpha value is -1.22. The van der Waals surface area contributed by atoms with Crippen LogP contribution in [0.2, 0.25) is 0 Å². The highest BCUT2D eigenvalue weighted by Crippen LogP contribution is 2.03. The third-order valence-corrected chi connectivity index (χ3v) is 1.69. The number of hydrogen-bond acceptors (Lipinski definition) is 2. The van der Waals surface area contributed by atoms with E-state index in [1.54, 1.807) is 19.2 Å². The van der Waals surface area contributed by atoms with Crippen molar-refractivity contribution in [1.82, 2.24) is 5.32 Å². The number of nitrogens with one attached hydrogen (secondary N) is 1. The minimum atomic E-state index is -0.273. The van der Waals surface area contributed by atoms with Gasteiger partial charge in [0, 0.05) is 6.42 Å². The molecule has 0 saturated heterocycles. The Morgan fingerprint density at radius 1 is 1.38 bits per heavy atom. The lowest BCUT2D eigenvalue weighted by Gasteiger charge is -1.99. The lowest BCUT2D eigenvalue weighted by atomic mass is 10.1. The molecule has 0 heterocycles. The molecule has 1 aromatic carbocycles. The molecular weight excluding hydrogens is 169 g/mol. The highest BCUT2D eigenvalue weighted by Gasteiger charge is 2.01. The zero-order valence-corrected chi connectivity index (χ0v) is 7.51. The first-order chi connectivity index (χ1) is 6.22. The number of likely N-dealkylation sites (N-methyl/N-ethyl adjacent to an activating group) is 1. The van der Waals surface area contributed by atoms with Crippen LogP contribution in [0.5, 0.6) is 0 Å². The molecule has 0 bridgehead atoms. The van der Waals surface area contributed by atoms with Gasteiger partial charge >= 0.3 is 0 Å². The summed E-state index contributed by atoms with van der Waals surface area (Å²) in [4.78, 5) is 11.1. The molecule has 0 aliphatic carbocycles. The average Bonchev–Trinajstić information content (AvgIpc) is 2.09. The second kappa shape index (κ2) is 4.72. The third kappa shape index (κ3) is 3.34. The Morgan fingerprint density at radius 3 is 2.54 bits per heavy atom. The zero-order chi connectivity index (χ0) is 9.68. The number of hydrogen-bond donors (Lipinski definition) is 1. The molecular formula is C10H12FNO. The Balaban J connectivity index is 2.54. The molecule has 70 valence electrons. The smallest absolute Gasteiger partial charge is 0.150 e. The van der Waals surface area contributed by atoms with Crippen molar-refractivity contribution in [2.45, 2.75) is 6.42 Å². The predicted octanol–water partition coefficient (Wildman–Crippen LogP) is 1.16. The fourth-order valence-corrected chi connectivity index (χ4v) is 1.09. The van der Waals surface area contributed by atoms with Crippen molar-refractivity contribution < 1.29 is 9.18 Å². The number of rotatable bonds is 4. The van der Waals surface area contributed by atoms with Gasteiger partial charge in [-0.2, -0.15) is 0 Å². The van der Waals surface area contributed by atoms with Crippen LogP contribution in [0.4, 0.5) is 4.39 Å². The van der Waals surface area contributed by atoms with E-state index in [1.165, 1.54) is 12.1 Å². The minimum absolute atomic E-state index is 0.106. The summed E-state index contributed by atoms with van der Waals surface area (Å²) in [6.07, 6.45) is 0.362. The van der Waals surface area contributed by atoms with E-state index in [2.05, 4.69) is 5.32 Å². The Kier molecular flexibility index (Phi) is 3.58. The average molecular weight is 181 g/mol. The molecule has 2 nitrogen and oxygen atoms in total. The summed E-state index contributed by atoms with van der Waals surface area (Å²) >= 11 is 0. The van der Waals surface area contributed by atoms with E-state index in [0.717, 1.165) is 5.56 Å². The Labute approximate surface area is 76.8 Å². The van der Waals surface area contributed by atoms with Gasteiger partial charge in [0.05, 0.1) is 6.54 Å². The van der Waals surface area contributed by atoms with Crippen LogP contribution in [0.15, 0.2) is 24.3 Å². The van der Waals surface area contributed by atoms with Crippen molar-refractivity contribution >= 4 is 5.78 Å². The summed E-state index contributed by atoms with van der Waals surface area (Å²) in [6.45, 7) is 0.359. The summed E-state index contributed by atoms with van der Waals surface area (Å²) in [5, 5.41) is 2.78. The largest absolute Gasteiger partial charge is 0.313 e. The van der Waals surface area contributed by atoms with Crippen LogP contribution in [0.1, 0.15) is 5.56 Å². The number of Topliss-reactive ketones (excluding diaryl/α,β-unsaturated/α-hetero) is 1. The van der Waals surface area contributed by atoms with Crippen molar-refractivity contribution in [3.8, 4) is 0 Å². The molecule has 3 heteroatoms. The van der Waals surface area contributed by atoms with Gasteiger partial charge in [-0.1, -0.05) is 12.1 Å². The zero-order valence-electron chi connectivity index (χ0n) is 7.51. The molecule has 0 aromatic heterocycles. The van der Waals surface area contributed by atoms with Gasteiger partial charge in [0.2, 0.25) is 0 Å². The molecule has 0 amide bonds. The number of halogens is 1. The summed E-state index contributed by atoms with van der Waals surface area (Å²) < 4.78 is 12.5. The predicted molar refractivity (Wildman–Crippen MR) is 49.0 cm³/mol. The highest BCUT2D eigenvalue weighted by molar-refractivity contribution is 5.82. The van der Waals surface area contributed by atoms with Crippen LogP contribution in [-0.4, -0.2) is 19.4 Å². The number of benzene rings is 1. The molecule has 1 N–H and O–H groups in total. The topological polar surface area (TPSA) is 29.1 Å².